The number of hydrogen-bond acceptors (Lipinski definition) is 6. The van der Waals surface area contributed by atoms with Gasteiger partial charge in [0, 0.05) is 6.07 Å². The molecular formula is C19H20N2O3S2. The van der Waals surface area contributed by atoms with Crippen LogP contribution < -0.4 is 14.8 Å². The van der Waals surface area contributed by atoms with Crippen molar-refractivity contribution in [1.82, 2.24) is 4.98 Å². The van der Waals surface area contributed by atoms with E-state index in [9.17, 15) is 4.79 Å². The smallest absolute Gasteiger partial charge is 0.267 e. The van der Waals surface area contributed by atoms with Crippen molar-refractivity contribution in [2.45, 2.75) is 20.8 Å². The summed E-state index contributed by atoms with van der Waals surface area (Å²) in [6.45, 7) is 6.74. The fraction of sp³-hybridized carbons (Fsp3) is 0.263. The predicted molar refractivity (Wildman–Crippen MR) is 107 cm³/mol. The molecule has 2 heterocycles. The van der Waals surface area contributed by atoms with Gasteiger partial charge in [0.1, 0.15) is 21.4 Å². The second-order valence-electron chi connectivity index (χ2n) is 5.39. The lowest BCUT2D eigenvalue weighted by Crippen LogP contribution is -2.13. The maximum Gasteiger partial charge on any atom is 0.267 e. The molecule has 26 heavy (non-hydrogen) atoms. The summed E-state index contributed by atoms with van der Waals surface area (Å²) in [5.41, 5.74) is 1.31. The van der Waals surface area contributed by atoms with Gasteiger partial charge >= 0.3 is 0 Å². The topological polar surface area (TPSA) is 60.5 Å². The van der Waals surface area contributed by atoms with Crippen LogP contribution in [0.3, 0.4) is 0 Å². The lowest BCUT2D eigenvalue weighted by molar-refractivity contribution is 0.102. The molecule has 0 aliphatic heterocycles. The first-order valence-corrected chi connectivity index (χ1v) is 10.0. The Morgan fingerprint density at radius 3 is 2.69 bits per heavy atom. The summed E-state index contributed by atoms with van der Waals surface area (Å²) >= 11 is 3.00. The van der Waals surface area contributed by atoms with Gasteiger partial charge in [-0.25, -0.2) is 4.98 Å². The van der Waals surface area contributed by atoms with E-state index in [0.717, 1.165) is 15.6 Å². The van der Waals surface area contributed by atoms with Crippen LogP contribution in [0.2, 0.25) is 0 Å². The summed E-state index contributed by atoms with van der Waals surface area (Å²) in [5, 5.41) is 5.80. The molecule has 136 valence electrons. The van der Waals surface area contributed by atoms with Gasteiger partial charge in [-0.3, -0.25) is 4.79 Å². The number of ether oxygens (including phenoxy) is 2. The number of carbonyl (C=O) groups excluding carboxylic acids is 1. The van der Waals surface area contributed by atoms with Crippen LogP contribution in [0, 0.1) is 6.92 Å². The predicted octanol–water partition coefficient (Wildman–Crippen LogP) is 5.23. The van der Waals surface area contributed by atoms with Crippen molar-refractivity contribution >= 4 is 34.3 Å². The largest absolute Gasteiger partial charge is 0.494 e. The van der Waals surface area contributed by atoms with Crippen LogP contribution >= 0.6 is 22.7 Å². The molecule has 5 nitrogen and oxygen atoms in total. The standard InChI is InChI=1S/C19H20N2O3S2/c1-4-23-13-8-9-15(24-5-2)14(11-13)21-18(22)17-12(3)20-19(26-17)16-7-6-10-25-16/h6-11H,4-5H2,1-3H3,(H,21,22). The fourth-order valence-electron chi connectivity index (χ4n) is 2.44. The van der Waals surface area contributed by atoms with Crippen LogP contribution in [0.1, 0.15) is 29.2 Å². The quantitative estimate of drug-likeness (QED) is 0.602. The van der Waals surface area contributed by atoms with Crippen molar-refractivity contribution in [3.05, 3.63) is 46.3 Å². The van der Waals surface area contributed by atoms with Crippen LogP contribution in [0.4, 0.5) is 5.69 Å². The number of benzene rings is 1. The SMILES string of the molecule is CCOc1ccc(OCC)c(NC(=O)c2sc(-c3cccs3)nc2C)c1. The van der Waals surface area contributed by atoms with Crippen molar-refractivity contribution in [2.24, 2.45) is 0 Å². The van der Waals surface area contributed by atoms with E-state index >= 15 is 0 Å². The van der Waals surface area contributed by atoms with Gasteiger partial charge in [0.05, 0.1) is 29.5 Å². The number of amides is 1. The van der Waals surface area contributed by atoms with Gasteiger partial charge in [-0.1, -0.05) is 6.07 Å². The maximum absolute atomic E-state index is 12.8. The third-order valence-corrected chi connectivity index (χ3v) is 5.74. The van der Waals surface area contributed by atoms with Gasteiger partial charge < -0.3 is 14.8 Å². The number of rotatable bonds is 7. The molecular weight excluding hydrogens is 368 g/mol. The normalized spacial score (nSPS) is 10.6. The Bertz CT molecular complexity index is 888. The first-order chi connectivity index (χ1) is 12.6. The molecule has 7 heteroatoms. The van der Waals surface area contributed by atoms with E-state index in [1.165, 1.54) is 11.3 Å². The van der Waals surface area contributed by atoms with Crippen molar-refractivity contribution in [2.75, 3.05) is 18.5 Å². The van der Waals surface area contributed by atoms with Crippen molar-refractivity contribution in [3.8, 4) is 21.4 Å². The Morgan fingerprint density at radius 2 is 2.00 bits per heavy atom. The van der Waals surface area contributed by atoms with Crippen LogP contribution in [0.5, 0.6) is 11.5 Å². The molecule has 2 aromatic heterocycles. The minimum absolute atomic E-state index is 0.197. The molecule has 0 radical (unpaired) electrons. The van der Waals surface area contributed by atoms with E-state index in [1.54, 1.807) is 23.5 Å². The summed E-state index contributed by atoms with van der Waals surface area (Å²) in [4.78, 5) is 19.0. The van der Waals surface area contributed by atoms with Gasteiger partial charge in [-0.2, -0.15) is 0 Å². The zero-order chi connectivity index (χ0) is 18.5. The number of anilines is 1. The number of carbonyl (C=O) groups is 1. The first kappa shape index (κ1) is 18.4. The third kappa shape index (κ3) is 4.05. The summed E-state index contributed by atoms with van der Waals surface area (Å²) in [6.07, 6.45) is 0. The van der Waals surface area contributed by atoms with Gasteiger partial charge in [0.15, 0.2) is 0 Å². The Labute approximate surface area is 160 Å². The Balaban J connectivity index is 1.86. The molecule has 0 aliphatic rings. The van der Waals surface area contributed by atoms with Gasteiger partial charge in [0.25, 0.3) is 5.91 Å². The van der Waals surface area contributed by atoms with E-state index in [1.807, 2.05) is 44.4 Å². The van der Waals surface area contributed by atoms with Crippen molar-refractivity contribution in [3.63, 3.8) is 0 Å². The number of aromatic nitrogens is 1. The number of thiazole rings is 1. The van der Waals surface area contributed by atoms with E-state index < -0.39 is 0 Å². The number of thiophene rings is 1. The highest BCUT2D eigenvalue weighted by molar-refractivity contribution is 7.22. The van der Waals surface area contributed by atoms with Crippen LogP contribution in [0.25, 0.3) is 9.88 Å². The molecule has 1 amide bonds. The Hall–Kier alpha value is -2.38. The van der Waals surface area contributed by atoms with Gasteiger partial charge in [-0.05, 0) is 44.4 Å². The van der Waals surface area contributed by atoms with Crippen molar-refractivity contribution < 1.29 is 14.3 Å². The number of nitrogens with one attached hydrogen (secondary N) is 1. The zero-order valence-electron chi connectivity index (χ0n) is 14.9. The average Bonchev–Trinajstić information content (AvgIpc) is 3.27. The molecule has 3 aromatic rings. The molecule has 0 aliphatic carbocycles. The molecule has 0 unspecified atom stereocenters. The molecule has 1 aromatic carbocycles. The number of hydrogen-bond donors (Lipinski definition) is 1. The second kappa shape index (κ2) is 8.33. The summed E-state index contributed by atoms with van der Waals surface area (Å²) < 4.78 is 11.1. The van der Waals surface area contributed by atoms with E-state index in [2.05, 4.69) is 10.3 Å². The van der Waals surface area contributed by atoms with E-state index in [-0.39, 0.29) is 5.91 Å². The minimum Gasteiger partial charge on any atom is -0.494 e. The fourth-order valence-corrected chi connectivity index (χ4v) is 4.19. The summed E-state index contributed by atoms with van der Waals surface area (Å²) in [7, 11) is 0. The van der Waals surface area contributed by atoms with Crippen LogP contribution in [-0.2, 0) is 0 Å². The van der Waals surface area contributed by atoms with Gasteiger partial charge in [-0.15, -0.1) is 22.7 Å². The zero-order valence-corrected chi connectivity index (χ0v) is 16.5. The monoisotopic (exact) mass is 388 g/mol. The minimum atomic E-state index is -0.197. The molecule has 0 saturated heterocycles. The molecule has 0 fully saturated rings. The lowest BCUT2D eigenvalue weighted by atomic mass is 10.2. The Morgan fingerprint density at radius 1 is 1.19 bits per heavy atom. The Kier molecular flexibility index (Phi) is 5.90. The maximum atomic E-state index is 12.8. The molecule has 0 saturated carbocycles. The molecule has 0 atom stereocenters. The highest BCUT2D eigenvalue weighted by Crippen LogP contribution is 2.33. The second-order valence-corrected chi connectivity index (χ2v) is 7.34. The molecule has 1 N–H and O–H groups in total. The van der Waals surface area contributed by atoms with Crippen LogP contribution in [0.15, 0.2) is 35.7 Å². The molecule has 3 rings (SSSR count). The van der Waals surface area contributed by atoms with E-state index in [0.29, 0.717) is 35.3 Å². The summed E-state index contributed by atoms with van der Waals surface area (Å²) in [6, 6.07) is 9.40. The first-order valence-electron chi connectivity index (χ1n) is 8.34. The van der Waals surface area contributed by atoms with Crippen LogP contribution in [-0.4, -0.2) is 24.1 Å². The van der Waals surface area contributed by atoms with E-state index in [4.69, 9.17) is 9.47 Å². The highest BCUT2D eigenvalue weighted by atomic mass is 32.1. The third-order valence-electron chi connectivity index (χ3n) is 3.54. The number of aryl methyl sites for hydroxylation is 1. The molecule has 0 spiro atoms. The highest BCUT2D eigenvalue weighted by Gasteiger charge is 2.18. The number of nitrogens with zero attached hydrogens (tertiary/aromatic N) is 1. The average molecular weight is 389 g/mol. The lowest BCUT2D eigenvalue weighted by Gasteiger charge is -2.13. The van der Waals surface area contributed by atoms with Gasteiger partial charge in [0.2, 0.25) is 0 Å². The summed E-state index contributed by atoms with van der Waals surface area (Å²) in [5.74, 6) is 1.11. The van der Waals surface area contributed by atoms with Crippen molar-refractivity contribution in [1.29, 1.82) is 0 Å². The molecule has 0 bridgehead atoms.